The molecule has 1 aromatic heterocycles. The van der Waals surface area contributed by atoms with E-state index in [4.69, 9.17) is 0 Å². The molecule has 15 heavy (non-hydrogen) atoms. The van der Waals surface area contributed by atoms with Crippen LogP contribution in [0.1, 0.15) is 25.3 Å². The largest absolute Gasteiger partial charge is 0.313 e. The third-order valence-electron chi connectivity index (χ3n) is 2.84. The molecule has 1 nitrogen and oxygen atoms in total. The lowest BCUT2D eigenvalue weighted by molar-refractivity contribution is 0.536. The third-order valence-corrected chi connectivity index (χ3v) is 4.97. The van der Waals surface area contributed by atoms with E-state index in [2.05, 4.69) is 40.8 Å². The summed E-state index contributed by atoms with van der Waals surface area (Å²) in [5.41, 5.74) is 1.47. The van der Waals surface area contributed by atoms with Crippen LogP contribution in [0.4, 0.5) is 0 Å². The highest BCUT2D eigenvalue weighted by atomic mass is 32.2. The molecule has 0 spiro atoms. The van der Waals surface area contributed by atoms with Crippen LogP contribution in [0.25, 0.3) is 0 Å². The van der Waals surface area contributed by atoms with Crippen LogP contribution >= 0.6 is 23.1 Å². The molecule has 2 rings (SSSR count). The summed E-state index contributed by atoms with van der Waals surface area (Å²) in [7, 11) is 0. The zero-order valence-corrected chi connectivity index (χ0v) is 10.9. The van der Waals surface area contributed by atoms with Gasteiger partial charge in [-0.25, -0.2) is 0 Å². The Balaban J connectivity index is 1.66. The highest BCUT2D eigenvalue weighted by Crippen LogP contribution is 2.25. The molecule has 2 atom stereocenters. The van der Waals surface area contributed by atoms with E-state index < -0.39 is 0 Å². The average molecular weight is 241 g/mol. The number of hydrogen-bond donors (Lipinski definition) is 1. The first-order chi connectivity index (χ1) is 7.34. The molecule has 0 saturated carbocycles. The van der Waals surface area contributed by atoms with Crippen LogP contribution in [-0.2, 0) is 6.42 Å². The maximum atomic E-state index is 3.65. The Bertz CT molecular complexity index is 265. The summed E-state index contributed by atoms with van der Waals surface area (Å²) in [4.78, 5) is 0. The molecule has 84 valence electrons. The fourth-order valence-electron chi connectivity index (χ4n) is 1.97. The van der Waals surface area contributed by atoms with Crippen molar-refractivity contribution in [3.05, 3.63) is 22.4 Å². The van der Waals surface area contributed by atoms with E-state index in [9.17, 15) is 0 Å². The Morgan fingerprint density at radius 2 is 2.53 bits per heavy atom. The number of nitrogens with one attached hydrogen (secondary N) is 1. The molecule has 1 N–H and O–H groups in total. The predicted octanol–water partition coefficient (Wildman–Crippen LogP) is 3.16. The summed E-state index contributed by atoms with van der Waals surface area (Å²) in [5, 5.41) is 8.93. The lowest BCUT2D eigenvalue weighted by Gasteiger charge is -2.16. The quantitative estimate of drug-likeness (QED) is 0.850. The van der Waals surface area contributed by atoms with Crippen LogP contribution in [0, 0.1) is 0 Å². The summed E-state index contributed by atoms with van der Waals surface area (Å²) in [5.74, 6) is 1.37. The molecular weight excluding hydrogens is 222 g/mol. The summed E-state index contributed by atoms with van der Waals surface area (Å²) < 4.78 is 0. The zero-order chi connectivity index (χ0) is 10.5. The van der Waals surface area contributed by atoms with Crippen molar-refractivity contribution in [3.63, 3.8) is 0 Å². The van der Waals surface area contributed by atoms with E-state index >= 15 is 0 Å². The first-order valence-corrected chi connectivity index (χ1v) is 7.70. The highest BCUT2D eigenvalue weighted by Gasteiger charge is 2.15. The van der Waals surface area contributed by atoms with Gasteiger partial charge in [-0.05, 0) is 54.3 Å². The van der Waals surface area contributed by atoms with Crippen molar-refractivity contribution in [2.24, 2.45) is 0 Å². The summed E-state index contributed by atoms with van der Waals surface area (Å²) in [6.07, 6.45) is 3.99. The van der Waals surface area contributed by atoms with Crippen molar-refractivity contribution in [3.8, 4) is 0 Å². The molecule has 0 aromatic carbocycles. The van der Waals surface area contributed by atoms with Crippen LogP contribution in [-0.4, -0.2) is 23.6 Å². The SMILES string of the molecule is CC(Cc1ccsc1)NCC1CCCS1. The third kappa shape index (κ3) is 3.82. The van der Waals surface area contributed by atoms with Crippen molar-refractivity contribution in [2.45, 2.75) is 37.5 Å². The van der Waals surface area contributed by atoms with Gasteiger partial charge in [-0.15, -0.1) is 0 Å². The lowest BCUT2D eigenvalue weighted by atomic mass is 10.1. The fourth-order valence-corrected chi connectivity index (χ4v) is 3.87. The van der Waals surface area contributed by atoms with E-state index in [0.29, 0.717) is 6.04 Å². The highest BCUT2D eigenvalue weighted by molar-refractivity contribution is 8.00. The lowest BCUT2D eigenvalue weighted by Crippen LogP contribution is -2.33. The van der Waals surface area contributed by atoms with Gasteiger partial charge < -0.3 is 5.32 Å². The van der Waals surface area contributed by atoms with Gasteiger partial charge in [0.1, 0.15) is 0 Å². The van der Waals surface area contributed by atoms with Crippen molar-refractivity contribution in [2.75, 3.05) is 12.3 Å². The first-order valence-electron chi connectivity index (χ1n) is 5.70. The second-order valence-electron chi connectivity index (χ2n) is 4.28. The molecule has 0 aliphatic carbocycles. The number of rotatable bonds is 5. The molecule has 0 bridgehead atoms. The number of hydrogen-bond acceptors (Lipinski definition) is 3. The maximum Gasteiger partial charge on any atom is 0.0172 e. The summed E-state index contributed by atoms with van der Waals surface area (Å²) >= 11 is 3.92. The summed E-state index contributed by atoms with van der Waals surface area (Å²) in [6.45, 7) is 3.48. The van der Waals surface area contributed by atoms with E-state index in [1.807, 2.05) is 0 Å². The van der Waals surface area contributed by atoms with Crippen LogP contribution in [0.2, 0.25) is 0 Å². The second-order valence-corrected chi connectivity index (χ2v) is 6.47. The van der Waals surface area contributed by atoms with E-state index in [0.717, 1.165) is 5.25 Å². The van der Waals surface area contributed by atoms with Crippen molar-refractivity contribution < 1.29 is 0 Å². The van der Waals surface area contributed by atoms with E-state index in [1.54, 1.807) is 11.3 Å². The Morgan fingerprint density at radius 1 is 1.60 bits per heavy atom. The van der Waals surface area contributed by atoms with Crippen molar-refractivity contribution in [1.82, 2.24) is 5.32 Å². The molecule has 2 heterocycles. The average Bonchev–Trinajstić information content (AvgIpc) is 2.86. The predicted molar refractivity (Wildman–Crippen MR) is 71.0 cm³/mol. The smallest absolute Gasteiger partial charge is 0.0172 e. The van der Waals surface area contributed by atoms with Gasteiger partial charge in [-0.1, -0.05) is 0 Å². The number of thiophene rings is 1. The molecule has 1 saturated heterocycles. The number of thioether (sulfide) groups is 1. The standard InChI is InChI=1S/C12H19NS2/c1-10(7-11-4-6-14-9-11)13-8-12-3-2-5-15-12/h4,6,9-10,12-13H,2-3,5,7-8H2,1H3. The van der Waals surface area contributed by atoms with Crippen molar-refractivity contribution in [1.29, 1.82) is 0 Å². The van der Waals surface area contributed by atoms with Gasteiger partial charge >= 0.3 is 0 Å². The molecule has 1 aliphatic heterocycles. The Morgan fingerprint density at radius 3 is 3.20 bits per heavy atom. The van der Waals surface area contributed by atoms with E-state index in [1.165, 1.54) is 37.1 Å². The van der Waals surface area contributed by atoms with Gasteiger partial charge in [-0.3, -0.25) is 0 Å². The van der Waals surface area contributed by atoms with Gasteiger partial charge in [0.2, 0.25) is 0 Å². The molecule has 3 heteroatoms. The van der Waals surface area contributed by atoms with Gasteiger partial charge in [0.25, 0.3) is 0 Å². The molecular formula is C12H19NS2. The Labute approximate surface area is 101 Å². The molecule has 0 radical (unpaired) electrons. The topological polar surface area (TPSA) is 12.0 Å². The van der Waals surface area contributed by atoms with Crippen LogP contribution in [0.5, 0.6) is 0 Å². The molecule has 0 amide bonds. The summed E-state index contributed by atoms with van der Waals surface area (Å²) in [6, 6.07) is 2.84. The Hall–Kier alpha value is 0.01000. The molecule has 1 fully saturated rings. The first kappa shape index (κ1) is 11.5. The van der Waals surface area contributed by atoms with Gasteiger partial charge in [-0.2, -0.15) is 23.1 Å². The van der Waals surface area contributed by atoms with Crippen molar-refractivity contribution >= 4 is 23.1 Å². The van der Waals surface area contributed by atoms with Gasteiger partial charge in [0.15, 0.2) is 0 Å². The van der Waals surface area contributed by atoms with Crippen LogP contribution in [0.15, 0.2) is 16.8 Å². The zero-order valence-electron chi connectivity index (χ0n) is 9.24. The second kappa shape index (κ2) is 5.92. The van der Waals surface area contributed by atoms with Crippen LogP contribution < -0.4 is 5.32 Å². The maximum absolute atomic E-state index is 3.65. The normalized spacial score (nSPS) is 23.1. The fraction of sp³-hybridized carbons (Fsp3) is 0.667. The molecule has 1 aliphatic rings. The molecule has 1 aromatic rings. The Kier molecular flexibility index (Phi) is 4.54. The monoisotopic (exact) mass is 241 g/mol. The van der Waals surface area contributed by atoms with E-state index in [-0.39, 0.29) is 0 Å². The minimum absolute atomic E-state index is 0.612. The minimum Gasteiger partial charge on any atom is -0.313 e. The van der Waals surface area contributed by atoms with Crippen LogP contribution in [0.3, 0.4) is 0 Å². The minimum atomic E-state index is 0.612. The van der Waals surface area contributed by atoms with Gasteiger partial charge in [0.05, 0.1) is 0 Å². The van der Waals surface area contributed by atoms with Gasteiger partial charge in [0, 0.05) is 17.8 Å². The molecule has 2 unspecified atom stereocenters.